The third-order valence-electron chi connectivity index (χ3n) is 4.04. The Hall–Kier alpha value is -2.17. The fourth-order valence-electron chi connectivity index (χ4n) is 2.90. The van der Waals surface area contributed by atoms with E-state index >= 15 is 0 Å². The SMILES string of the molecule is CCC1CCc2c(c(C(=O)O)nn2-c2cccnc2)C1. The summed E-state index contributed by atoms with van der Waals surface area (Å²) in [7, 11) is 0. The molecule has 0 radical (unpaired) electrons. The highest BCUT2D eigenvalue weighted by atomic mass is 16.4. The molecule has 0 bridgehead atoms. The number of hydrogen-bond acceptors (Lipinski definition) is 3. The molecule has 2 aromatic rings. The van der Waals surface area contributed by atoms with Gasteiger partial charge in [0, 0.05) is 17.5 Å². The van der Waals surface area contributed by atoms with E-state index in [2.05, 4.69) is 17.0 Å². The van der Waals surface area contributed by atoms with Gasteiger partial charge in [0.1, 0.15) is 0 Å². The van der Waals surface area contributed by atoms with Crippen LogP contribution in [-0.2, 0) is 12.8 Å². The van der Waals surface area contributed by atoms with E-state index in [4.69, 9.17) is 0 Å². The monoisotopic (exact) mass is 271 g/mol. The second-order valence-corrected chi connectivity index (χ2v) is 5.22. The highest BCUT2D eigenvalue weighted by Crippen LogP contribution is 2.31. The van der Waals surface area contributed by atoms with Crippen molar-refractivity contribution in [1.82, 2.24) is 14.8 Å². The zero-order valence-corrected chi connectivity index (χ0v) is 11.4. The fourth-order valence-corrected chi connectivity index (χ4v) is 2.90. The summed E-state index contributed by atoms with van der Waals surface area (Å²) in [6, 6.07) is 3.74. The van der Waals surface area contributed by atoms with Crippen LogP contribution in [0.25, 0.3) is 5.69 Å². The molecule has 1 N–H and O–H groups in total. The van der Waals surface area contributed by atoms with Crippen molar-refractivity contribution < 1.29 is 9.90 Å². The van der Waals surface area contributed by atoms with E-state index < -0.39 is 5.97 Å². The van der Waals surface area contributed by atoms with E-state index in [0.29, 0.717) is 5.92 Å². The maximum atomic E-state index is 11.4. The first-order chi connectivity index (χ1) is 9.70. The van der Waals surface area contributed by atoms with E-state index in [0.717, 1.165) is 42.6 Å². The summed E-state index contributed by atoms with van der Waals surface area (Å²) in [4.78, 5) is 15.5. The summed E-state index contributed by atoms with van der Waals surface area (Å²) in [5, 5.41) is 13.7. The second kappa shape index (κ2) is 5.07. The van der Waals surface area contributed by atoms with E-state index in [1.807, 2.05) is 12.1 Å². The molecule has 104 valence electrons. The first-order valence-electron chi connectivity index (χ1n) is 6.95. The summed E-state index contributed by atoms with van der Waals surface area (Å²) in [6.45, 7) is 2.15. The summed E-state index contributed by atoms with van der Waals surface area (Å²) in [5.41, 5.74) is 2.95. The number of aromatic carboxylic acids is 1. The Labute approximate surface area is 117 Å². The van der Waals surface area contributed by atoms with Gasteiger partial charge in [-0.05, 0) is 37.3 Å². The van der Waals surface area contributed by atoms with Crippen molar-refractivity contribution in [2.45, 2.75) is 32.6 Å². The Morgan fingerprint density at radius 1 is 1.55 bits per heavy atom. The van der Waals surface area contributed by atoms with Crippen LogP contribution in [0, 0.1) is 5.92 Å². The van der Waals surface area contributed by atoms with Gasteiger partial charge in [-0.15, -0.1) is 0 Å². The molecule has 0 aliphatic heterocycles. The van der Waals surface area contributed by atoms with Gasteiger partial charge in [-0.3, -0.25) is 4.98 Å². The lowest BCUT2D eigenvalue weighted by atomic mass is 9.85. The molecular weight excluding hydrogens is 254 g/mol. The fraction of sp³-hybridized carbons (Fsp3) is 0.400. The van der Waals surface area contributed by atoms with E-state index in [9.17, 15) is 9.90 Å². The van der Waals surface area contributed by atoms with Gasteiger partial charge < -0.3 is 5.11 Å². The van der Waals surface area contributed by atoms with Gasteiger partial charge in [-0.1, -0.05) is 13.3 Å². The highest BCUT2D eigenvalue weighted by molar-refractivity contribution is 5.87. The molecule has 0 spiro atoms. The van der Waals surface area contributed by atoms with E-state index in [1.54, 1.807) is 17.1 Å². The maximum Gasteiger partial charge on any atom is 0.356 e. The Kier molecular flexibility index (Phi) is 3.26. The third kappa shape index (κ3) is 2.09. The minimum Gasteiger partial charge on any atom is -0.476 e. The second-order valence-electron chi connectivity index (χ2n) is 5.22. The number of fused-ring (bicyclic) bond motifs is 1. The standard InChI is InChI=1S/C15H17N3O2/c1-2-10-5-6-13-12(8-10)14(15(19)20)17-18(13)11-4-3-7-16-9-11/h3-4,7,9-10H,2,5-6,8H2,1H3,(H,19,20). The topological polar surface area (TPSA) is 68.0 Å². The van der Waals surface area contributed by atoms with Crippen LogP contribution in [0.3, 0.4) is 0 Å². The van der Waals surface area contributed by atoms with Crippen molar-refractivity contribution in [2.24, 2.45) is 5.92 Å². The molecule has 3 rings (SSSR count). The lowest BCUT2D eigenvalue weighted by Crippen LogP contribution is -2.16. The number of nitrogens with zero attached hydrogens (tertiary/aromatic N) is 3. The molecule has 5 heteroatoms. The molecule has 0 fully saturated rings. The molecule has 1 atom stereocenters. The molecule has 1 aliphatic carbocycles. The largest absolute Gasteiger partial charge is 0.476 e. The molecule has 0 saturated heterocycles. The molecule has 1 aliphatic rings. The van der Waals surface area contributed by atoms with Crippen LogP contribution in [0.2, 0.25) is 0 Å². The zero-order valence-electron chi connectivity index (χ0n) is 11.4. The van der Waals surface area contributed by atoms with Crippen LogP contribution >= 0.6 is 0 Å². The van der Waals surface area contributed by atoms with Crippen LogP contribution < -0.4 is 0 Å². The molecule has 0 amide bonds. The average Bonchev–Trinajstić information content (AvgIpc) is 2.87. The normalized spacial score (nSPS) is 17.8. The van der Waals surface area contributed by atoms with Crippen LogP contribution in [0.5, 0.6) is 0 Å². The van der Waals surface area contributed by atoms with Gasteiger partial charge in [0.25, 0.3) is 0 Å². The van der Waals surface area contributed by atoms with Crippen molar-refractivity contribution >= 4 is 5.97 Å². The van der Waals surface area contributed by atoms with E-state index in [1.165, 1.54) is 0 Å². The Morgan fingerprint density at radius 3 is 3.05 bits per heavy atom. The number of carbonyl (C=O) groups is 1. The maximum absolute atomic E-state index is 11.4. The molecular formula is C15H17N3O2. The number of aromatic nitrogens is 3. The van der Waals surface area contributed by atoms with E-state index in [-0.39, 0.29) is 5.69 Å². The Bertz CT molecular complexity index is 634. The van der Waals surface area contributed by atoms with Crippen LogP contribution in [0.15, 0.2) is 24.5 Å². The van der Waals surface area contributed by atoms with Gasteiger partial charge >= 0.3 is 5.97 Å². The van der Waals surface area contributed by atoms with Gasteiger partial charge in [-0.25, -0.2) is 9.48 Å². The summed E-state index contributed by atoms with van der Waals surface area (Å²) in [6.07, 6.45) is 7.28. The van der Waals surface area contributed by atoms with Crippen LogP contribution in [-0.4, -0.2) is 25.8 Å². The first kappa shape index (κ1) is 12.8. The number of carboxylic acids is 1. The minimum absolute atomic E-state index is 0.196. The number of hydrogen-bond donors (Lipinski definition) is 1. The average molecular weight is 271 g/mol. The number of rotatable bonds is 3. The molecule has 2 aromatic heterocycles. The third-order valence-corrected chi connectivity index (χ3v) is 4.04. The Morgan fingerprint density at radius 2 is 2.40 bits per heavy atom. The van der Waals surface area contributed by atoms with Crippen molar-refractivity contribution in [3.63, 3.8) is 0 Å². The van der Waals surface area contributed by atoms with Crippen molar-refractivity contribution in [3.05, 3.63) is 41.5 Å². The van der Waals surface area contributed by atoms with Crippen molar-refractivity contribution in [3.8, 4) is 5.69 Å². The number of pyridine rings is 1. The predicted octanol–water partition coefficient (Wildman–Crippen LogP) is 2.48. The minimum atomic E-state index is -0.944. The van der Waals surface area contributed by atoms with Gasteiger partial charge in [0.05, 0.1) is 11.9 Å². The van der Waals surface area contributed by atoms with Gasteiger partial charge in [0.15, 0.2) is 5.69 Å². The highest BCUT2D eigenvalue weighted by Gasteiger charge is 2.28. The summed E-state index contributed by atoms with van der Waals surface area (Å²) < 4.78 is 1.75. The first-order valence-corrected chi connectivity index (χ1v) is 6.95. The molecule has 1 unspecified atom stereocenters. The molecule has 5 nitrogen and oxygen atoms in total. The molecule has 20 heavy (non-hydrogen) atoms. The lowest BCUT2D eigenvalue weighted by molar-refractivity contribution is 0.0688. The smallest absolute Gasteiger partial charge is 0.356 e. The van der Waals surface area contributed by atoms with Crippen molar-refractivity contribution in [2.75, 3.05) is 0 Å². The van der Waals surface area contributed by atoms with Gasteiger partial charge in [0.2, 0.25) is 0 Å². The Balaban J connectivity index is 2.12. The molecule has 2 heterocycles. The summed E-state index contributed by atoms with van der Waals surface area (Å²) in [5.74, 6) is -0.382. The molecule has 0 saturated carbocycles. The zero-order chi connectivity index (χ0) is 14.1. The van der Waals surface area contributed by atoms with Crippen molar-refractivity contribution in [1.29, 1.82) is 0 Å². The van der Waals surface area contributed by atoms with Gasteiger partial charge in [-0.2, -0.15) is 5.10 Å². The summed E-state index contributed by atoms with van der Waals surface area (Å²) >= 11 is 0. The predicted molar refractivity (Wildman–Crippen MR) is 74.1 cm³/mol. The van der Waals surface area contributed by atoms with Crippen LogP contribution in [0.4, 0.5) is 0 Å². The number of carboxylic acid groups (broad SMARTS) is 1. The lowest BCUT2D eigenvalue weighted by Gasteiger charge is -2.21. The van der Waals surface area contributed by atoms with Crippen LogP contribution in [0.1, 0.15) is 41.5 Å². The molecule has 0 aromatic carbocycles. The quantitative estimate of drug-likeness (QED) is 0.931.